The zero-order valence-corrected chi connectivity index (χ0v) is 11.7. The van der Waals surface area contributed by atoms with Gasteiger partial charge in [0.05, 0.1) is 24.3 Å². The summed E-state index contributed by atoms with van der Waals surface area (Å²) in [6.07, 6.45) is -0.0263. The third kappa shape index (κ3) is 3.59. The molecule has 0 aromatic heterocycles. The molecule has 2 atom stereocenters. The Morgan fingerprint density at radius 3 is 2.24 bits per heavy atom. The van der Waals surface area contributed by atoms with Gasteiger partial charge in [0.25, 0.3) is 0 Å². The highest BCUT2D eigenvalue weighted by Crippen LogP contribution is 2.19. The van der Waals surface area contributed by atoms with Gasteiger partial charge in [-0.05, 0) is 18.6 Å². The summed E-state index contributed by atoms with van der Waals surface area (Å²) < 4.78 is 20.3. The Morgan fingerprint density at radius 2 is 1.67 bits per heavy atom. The molecule has 2 unspecified atom stereocenters. The van der Waals surface area contributed by atoms with E-state index in [1.807, 2.05) is 0 Å². The summed E-state index contributed by atoms with van der Waals surface area (Å²) in [7, 11) is 0. The van der Waals surface area contributed by atoms with Gasteiger partial charge in [-0.1, -0.05) is 12.1 Å². The fraction of sp³-hybridized carbons (Fsp3) is 0.467. The SMILES string of the molecule is Cc1cccc(C(=O)OCC2CO2)c1C(=O)OCC1CO1. The van der Waals surface area contributed by atoms with Gasteiger partial charge in [-0.2, -0.15) is 0 Å². The molecule has 1 aromatic rings. The fourth-order valence-electron chi connectivity index (χ4n) is 1.92. The van der Waals surface area contributed by atoms with Crippen LogP contribution in [0.3, 0.4) is 0 Å². The molecular formula is C15H16O6. The summed E-state index contributed by atoms with van der Waals surface area (Å²) in [5, 5.41) is 0. The Bertz CT molecular complexity index is 559. The Kier molecular flexibility index (Phi) is 3.90. The second-order valence-corrected chi connectivity index (χ2v) is 5.11. The van der Waals surface area contributed by atoms with Crippen molar-refractivity contribution >= 4 is 11.9 Å². The van der Waals surface area contributed by atoms with E-state index in [1.54, 1.807) is 25.1 Å². The lowest BCUT2D eigenvalue weighted by Gasteiger charge is -2.11. The van der Waals surface area contributed by atoms with E-state index in [9.17, 15) is 9.59 Å². The van der Waals surface area contributed by atoms with Gasteiger partial charge in [-0.15, -0.1) is 0 Å². The Balaban J connectivity index is 1.72. The molecule has 0 radical (unpaired) electrons. The number of esters is 2. The van der Waals surface area contributed by atoms with Crippen molar-refractivity contribution in [2.75, 3.05) is 26.4 Å². The molecule has 2 aliphatic rings. The lowest BCUT2D eigenvalue weighted by Crippen LogP contribution is -2.18. The minimum atomic E-state index is -0.538. The van der Waals surface area contributed by atoms with Crippen LogP contribution in [-0.2, 0) is 18.9 Å². The quantitative estimate of drug-likeness (QED) is 0.577. The van der Waals surface area contributed by atoms with Gasteiger partial charge in [0, 0.05) is 0 Å². The Labute approximate surface area is 121 Å². The molecule has 0 amide bonds. The van der Waals surface area contributed by atoms with Gasteiger partial charge >= 0.3 is 11.9 Å². The number of benzene rings is 1. The minimum absolute atomic E-state index is 0.0128. The van der Waals surface area contributed by atoms with E-state index in [2.05, 4.69) is 0 Å². The third-order valence-corrected chi connectivity index (χ3v) is 3.30. The lowest BCUT2D eigenvalue weighted by atomic mass is 10.0. The smallest absolute Gasteiger partial charge is 0.339 e. The van der Waals surface area contributed by atoms with E-state index in [0.717, 1.165) is 0 Å². The largest absolute Gasteiger partial charge is 0.459 e. The van der Waals surface area contributed by atoms with E-state index in [-0.39, 0.29) is 36.5 Å². The number of aryl methyl sites for hydroxylation is 1. The second kappa shape index (κ2) is 5.83. The molecule has 3 rings (SSSR count). The van der Waals surface area contributed by atoms with Crippen molar-refractivity contribution in [1.29, 1.82) is 0 Å². The van der Waals surface area contributed by atoms with Crippen molar-refractivity contribution in [3.05, 3.63) is 34.9 Å². The Hall–Kier alpha value is -1.92. The molecule has 0 aliphatic carbocycles. The average Bonchev–Trinajstić information content (AvgIpc) is 3.36. The summed E-state index contributed by atoms with van der Waals surface area (Å²) in [6.45, 7) is 3.38. The topological polar surface area (TPSA) is 77.7 Å². The van der Waals surface area contributed by atoms with Gasteiger partial charge in [-0.25, -0.2) is 9.59 Å². The number of epoxide rings is 2. The molecule has 112 valence electrons. The molecule has 0 bridgehead atoms. The first-order valence-electron chi connectivity index (χ1n) is 6.82. The van der Waals surface area contributed by atoms with Crippen LogP contribution in [0.2, 0.25) is 0 Å². The average molecular weight is 292 g/mol. The maximum atomic E-state index is 12.2. The predicted molar refractivity (Wildman–Crippen MR) is 71.2 cm³/mol. The van der Waals surface area contributed by atoms with Gasteiger partial charge in [0.15, 0.2) is 0 Å². The van der Waals surface area contributed by atoms with E-state index in [4.69, 9.17) is 18.9 Å². The zero-order valence-electron chi connectivity index (χ0n) is 11.7. The summed E-state index contributed by atoms with van der Waals surface area (Å²) in [5.41, 5.74) is 1.14. The van der Waals surface area contributed by atoms with E-state index >= 15 is 0 Å². The van der Waals surface area contributed by atoms with Crippen LogP contribution in [0.4, 0.5) is 0 Å². The van der Waals surface area contributed by atoms with Crippen molar-refractivity contribution in [1.82, 2.24) is 0 Å². The van der Waals surface area contributed by atoms with E-state index in [0.29, 0.717) is 18.8 Å². The predicted octanol–water partition coefficient (Wildman–Crippen LogP) is 1.11. The van der Waals surface area contributed by atoms with Crippen molar-refractivity contribution < 1.29 is 28.5 Å². The van der Waals surface area contributed by atoms with Crippen molar-refractivity contribution in [2.24, 2.45) is 0 Å². The van der Waals surface area contributed by atoms with E-state index < -0.39 is 11.9 Å². The monoisotopic (exact) mass is 292 g/mol. The second-order valence-electron chi connectivity index (χ2n) is 5.11. The van der Waals surface area contributed by atoms with Gasteiger partial charge in [-0.3, -0.25) is 0 Å². The highest BCUT2D eigenvalue weighted by Gasteiger charge is 2.28. The minimum Gasteiger partial charge on any atom is -0.459 e. The first-order chi connectivity index (χ1) is 10.1. The van der Waals surface area contributed by atoms with Crippen molar-refractivity contribution in [3.63, 3.8) is 0 Å². The summed E-state index contributed by atoms with van der Waals surface area (Å²) >= 11 is 0. The van der Waals surface area contributed by atoms with Gasteiger partial charge in [0.1, 0.15) is 25.4 Å². The standard InChI is InChI=1S/C15H16O6/c1-9-3-2-4-12(14(16)20-7-10-5-18-10)13(9)15(17)21-8-11-6-19-11/h2-4,10-11H,5-8H2,1H3. The molecule has 0 spiro atoms. The van der Waals surface area contributed by atoms with E-state index in [1.165, 1.54) is 0 Å². The van der Waals surface area contributed by atoms with Gasteiger partial charge < -0.3 is 18.9 Å². The molecule has 2 saturated heterocycles. The van der Waals surface area contributed by atoms with Crippen LogP contribution < -0.4 is 0 Å². The molecule has 2 fully saturated rings. The molecular weight excluding hydrogens is 276 g/mol. The third-order valence-electron chi connectivity index (χ3n) is 3.30. The van der Waals surface area contributed by atoms with Crippen LogP contribution >= 0.6 is 0 Å². The molecule has 2 heterocycles. The molecule has 0 saturated carbocycles. The molecule has 21 heavy (non-hydrogen) atoms. The zero-order chi connectivity index (χ0) is 14.8. The highest BCUT2D eigenvalue weighted by molar-refractivity contribution is 6.04. The molecule has 0 N–H and O–H groups in total. The first-order valence-corrected chi connectivity index (χ1v) is 6.82. The van der Waals surface area contributed by atoms with Crippen LogP contribution in [0.5, 0.6) is 0 Å². The molecule has 6 heteroatoms. The number of carbonyl (C=O) groups excluding carboxylic acids is 2. The number of hydrogen-bond donors (Lipinski definition) is 0. The highest BCUT2D eigenvalue weighted by atomic mass is 16.6. The summed E-state index contributed by atoms with van der Waals surface area (Å²) in [6, 6.07) is 5.03. The maximum absolute atomic E-state index is 12.2. The van der Waals surface area contributed by atoms with Crippen LogP contribution in [0.1, 0.15) is 26.3 Å². The van der Waals surface area contributed by atoms with Crippen LogP contribution in [-0.4, -0.2) is 50.6 Å². The van der Waals surface area contributed by atoms with Gasteiger partial charge in [0.2, 0.25) is 0 Å². The fourth-order valence-corrected chi connectivity index (χ4v) is 1.92. The first kappa shape index (κ1) is 14.0. The molecule has 1 aromatic carbocycles. The number of hydrogen-bond acceptors (Lipinski definition) is 6. The molecule has 2 aliphatic heterocycles. The van der Waals surface area contributed by atoms with Crippen LogP contribution in [0.15, 0.2) is 18.2 Å². The lowest BCUT2D eigenvalue weighted by molar-refractivity contribution is 0.0430. The Morgan fingerprint density at radius 1 is 1.10 bits per heavy atom. The van der Waals surface area contributed by atoms with Crippen LogP contribution in [0.25, 0.3) is 0 Å². The summed E-state index contributed by atoms with van der Waals surface area (Å²) in [4.78, 5) is 24.3. The summed E-state index contributed by atoms with van der Waals surface area (Å²) in [5.74, 6) is -1.07. The normalized spacial score (nSPS) is 22.5. The molecule has 6 nitrogen and oxygen atoms in total. The number of ether oxygens (including phenoxy) is 4. The maximum Gasteiger partial charge on any atom is 0.339 e. The number of rotatable bonds is 6. The van der Waals surface area contributed by atoms with Crippen molar-refractivity contribution in [2.45, 2.75) is 19.1 Å². The van der Waals surface area contributed by atoms with Crippen molar-refractivity contribution in [3.8, 4) is 0 Å². The number of carbonyl (C=O) groups is 2. The van der Waals surface area contributed by atoms with Crippen LogP contribution in [0, 0.1) is 6.92 Å².